The number of aromatic nitrogens is 2. The Morgan fingerprint density at radius 1 is 0.854 bits per heavy atom. The molecule has 0 saturated heterocycles. The van der Waals surface area contributed by atoms with Gasteiger partial charge in [0.15, 0.2) is 0 Å². The quantitative estimate of drug-likeness (QED) is 0.264. The molecule has 0 bridgehead atoms. The van der Waals surface area contributed by atoms with Crippen LogP contribution in [0.4, 0.5) is 11.5 Å². The first-order chi connectivity index (χ1) is 19.8. The Kier molecular flexibility index (Phi) is 7.13. The van der Waals surface area contributed by atoms with Crippen LogP contribution in [0.15, 0.2) is 96.0 Å². The van der Waals surface area contributed by atoms with Crippen LogP contribution in [0.3, 0.4) is 0 Å². The molecule has 1 fully saturated rings. The summed E-state index contributed by atoms with van der Waals surface area (Å²) in [6, 6.07) is 25.9. The number of nitrogens with zero attached hydrogens (tertiary/aromatic N) is 3. The summed E-state index contributed by atoms with van der Waals surface area (Å²) in [5, 5.41) is 8.51. The van der Waals surface area contributed by atoms with Crippen LogP contribution in [0.5, 0.6) is 0 Å². The third kappa shape index (κ3) is 5.25. The molecule has 41 heavy (non-hydrogen) atoms. The lowest BCUT2D eigenvalue weighted by molar-refractivity contribution is 0.0928. The van der Waals surface area contributed by atoms with E-state index in [-0.39, 0.29) is 22.9 Å². The van der Waals surface area contributed by atoms with E-state index in [9.17, 15) is 13.2 Å². The molecule has 5 aromatic rings. The van der Waals surface area contributed by atoms with Crippen molar-refractivity contribution in [3.05, 3.63) is 96.7 Å². The largest absolute Gasteiger partial charge is 0.377 e. The van der Waals surface area contributed by atoms with E-state index >= 15 is 0 Å². The second-order valence-corrected chi connectivity index (χ2v) is 12.6. The highest BCUT2D eigenvalue weighted by Crippen LogP contribution is 2.30. The van der Waals surface area contributed by atoms with Gasteiger partial charge in [-0.3, -0.25) is 4.79 Å². The molecule has 0 unspecified atom stereocenters. The molecule has 1 amide bonds. The van der Waals surface area contributed by atoms with Gasteiger partial charge in [-0.25, -0.2) is 17.4 Å². The maximum Gasteiger partial charge on any atom is 0.268 e. The molecule has 0 radical (unpaired) electrons. The highest BCUT2D eigenvalue weighted by molar-refractivity contribution is 7.90. The van der Waals surface area contributed by atoms with Gasteiger partial charge in [0.05, 0.1) is 21.5 Å². The number of fused-ring (bicyclic) bond motifs is 2. The Balaban J connectivity index is 1.16. The second kappa shape index (κ2) is 10.9. The Labute approximate surface area is 240 Å². The number of anilines is 2. The number of hydrogen-bond donors (Lipinski definition) is 2. The van der Waals surface area contributed by atoms with Crippen molar-refractivity contribution in [2.24, 2.45) is 0 Å². The Morgan fingerprint density at radius 3 is 2.22 bits per heavy atom. The molecule has 0 atom stereocenters. The number of carbonyl (C=O) groups excluding carboxylic acids is 1. The highest BCUT2D eigenvalue weighted by Gasteiger charge is 2.27. The van der Waals surface area contributed by atoms with Gasteiger partial charge in [-0.2, -0.15) is 0 Å². The Hall–Kier alpha value is -4.37. The van der Waals surface area contributed by atoms with E-state index in [1.54, 1.807) is 48.5 Å². The number of benzene rings is 3. The first-order valence-corrected chi connectivity index (χ1v) is 15.3. The zero-order valence-corrected chi connectivity index (χ0v) is 23.9. The van der Waals surface area contributed by atoms with Crippen molar-refractivity contribution in [3.8, 4) is 0 Å². The standard InChI is InChI=1S/C32H33N5O3S/c1-36(2)30-20-31(35-28-14-8-6-13-26(28)30)33-22-16-18-23(19-17-22)34-32(38)27-21-37(29-15-9-7-12-25(27)29)41(39,40)24-10-4-3-5-11-24/h3-15,20-23H,16-19H2,1-2H3,(H,33,35)(H,34,38)/t22-,23+. The molecule has 6 rings (SSSR count). The molecule has 0 aliphatic heterocycles. The smallest absolute Gasteiger partial charge is 0.268 e. The van der Waals surface area contributed by atoms with Gasteiger partial charge in [-0.1, -0.05) is 54.6 Å². The number of amides is 1. The highest BCUT2D eigenvalue weighted by atomic mass is 32.2. The summed E-state index contributed by atoms with van der Waals surface area (Å²) in [7, 11) is 0.220. The fraction of sp³-hybridized carbons (Fsp3) is 0.250. The second-order valence-electron chi connectivity index (χ2n) is 10.8. The summed E-state index contributed by atoms with van der Waals surface area (Å²) in [5.74, 6) is 0.596. The van der Waals surface area contributed by atoms with Gasteiger partial charge >= 0.3 is 0 Å². The van der Waals surface area contributed by atoms with Gasteiger partial charge in [0, 0.05) is 54.9 Å². The van der Waals surface area contributed by atoms with Gasteiger partial charge < -0.3 is 15.5 Å². The summed E-state index contributed by atoms with van der Waals surface area (Å²) < 4.78 is 28.0. The minimum absolute atomic E-state index is 0.00953. The summed E-state index contributed by atoms with van der Waals surface area (Å²) in [5.41, 5.74) is 2.91. The zero-order valence-electron chi connectivity index (χ0n) is 23.1. The van der Waals surface area contributed by atoms with Crippen LogP contribution in [0.1, 0.15) is 36.0 Å². The first kappa shape index (κ1) is 26.8. The van der Waals surface area contributed by atoms with Crippen LogP contribution in [0, 0.1) is 0 Å². The lowest BCUT2D eigenvalue weighted by Crippen LogP contribution is -2.40. The Morgan fingerprint density at radius 2 is 1.49 bits per heavy atom. The molecular weight excluding hydrogens is 534 g/mol. The first-order valence-electron chi connectivity index (χ1n) is 13.9. The fourth-order valence-corrected chi connectivity index (χ4v) is 7.08. The van der Waals surface area contributed by atoms with Crippen LogP contribution >= 0.6 is 0 Å². The van der Waals surface area contributed by atoms with E-state index in [1.807, 2.05) is 38.4 Å². The lowest BCUT2D eigenvalue weighted by Gasteiger charge is -2.30. The summed E-state index contributed by atoms with van der Waals surface area (Å²) in [6.07, 6.45) is 4.86. The van der Waals surface area contributed by atoms with Crippen LogP contribution in [0.2, 0.25) is 0 Å². The molecule has 9 heteroatoms. The molecule has 2 heterocycles. The molecule has 3 aromatic carbocycles. The van der Waals surface area contributed by atoms with Crippen LogP contribution in [-0.2, 0) is 10.0 Å². The van der Waals surface area contributed by atoms with Gasteiger partial charge in [-0.05, 0) is 49.9 Å². The van der Waals surface area contributed by atoms with E-state index in [0.717, 1.165) is 48.1 Å². The number of para-hydroxylation sites is 2. The van der Waals surface area contributed by atoms with Gasteiger partial charge in [0.25, 0.3) is 15.9 Å². The molecule has 210 valence electrons. The molecule has 2 N–H and O–H groups in total. The Bertz CT molecular complexity index is 1820. The SMILES string of the molecule is CN(C)c1cc(N[C@H]2CC[C@@H](NC(=O)c3cn(S(=O)(=O)c4ccccc4)c4ccccc34)CC2)nc2ccccc12. The average Bonchev–Trinajstić information content (AvgIpc) is 3.39. The summed E-state index contributed by atoms with van der Waals surface area (Å²) in [6.45, 7) is 0. The normalized spacial score (nSPS) is 17.4. The molecule has 1 aliphatic carbocycles. The van der Waals surface area contributed by atoms with Crippen molar-refractivity contribution in [1.29, 1.82) is 0 Å². The summed E-state index contributed by atoms with van der Waals surface area (Å²) in [4.78, 5) is 20.6. The van der Waals surface area contributed by atoms with Gasteiger partial charge in [-0.15, -0.1) is 0 Å². The monoisotopic (exact) mass is 567 g/mol. The number of nitrogens with one attached hydrogen (secondary N) is 2. The number of hydrogen-bond acceptors (Lipinski definition) is 6. The van der Waals surface area contributed by atoms with Crippen molar-refractivity contribution in [2.75, 3.05) is 24.3 Å². The average molecular weight is 568 g/mol. The summed E-state index contributed by atoms with van der Waals surface area (Å²) >= 11 is 0. The van der Waals surface area contributed by atoms with Crippen molar-refractivity contribution in [2.45, 2.75) is 42.7 Å². The predicted molar refractivity (Wildman–Crippen MR) is 164 cm³/mol. The zero-order chi connectivity index (χ0) is 28.6. The van der Waals surface area contributed by atoms with Crippen LogP contribution < -0.4 is 15.5 Å². The number of carbonyl (C=O) groups is 1. The molecule has 1 saturated carbocycles. The minimum atomic E-state index is -3.85. The van der Waals surface area contributed by atoms with Crippen molar-refractivity contribution in [3.63, 3.8) is 0 Å². The third-order valence-corrected chi connectivity index (χ3v) is 9.50. The van der Waals surface area contributed by atoms with Gasteiger partial charge in [0.2, 0.25) is 0 Å². The lowest BCUT2D eigenvalue weighted by atomic mass is 9.91. The van der Waals surface area contributed by atoms with E-state index in [2.05, 4.69) is 27.7 Å². The third-order valence-electron chi connectivity index (χ3n) is 7.81. The van der Waals surface area contributed by atoms with Crippen LogP contribution in [0.25, 0.3) is 21.8 Å². The predicted octanol–water partition coefficient (Wildman–Crippen LogP) is 5.65. The number of pyridine rings is 1. The van der Waals surface area contributed by atoms with Crippen molar-refractivity contribution >= 4 is 49.2 Å². The van der Waals surface area contributed by atoms with Crippen molar-refractivity contribution in [1.82, 2.24) is 14.3 Å². The van der Waals surface area contributed by atoms with E-state index in [0.29, 0.717) is 16.5 Å². The van der Waals surface area contributed by atoms with E-state index in [4.69, 9.17) is 4.98 Å². The topological polar surface area (TPSA) is 96.3 Å². The molecular formula is C32H33N5O3S. The molecule has 2 aromatic heterocycles. The fourth-order valence-electron chi connectivity index (χ4n) is 5.69. The van der Waals surface area contributed by atoms with E-state index < -0.39 is 10.0 Å². The van der Waals surface area contributed by atoms with Gasteiger partial charge in [0.1, 0.15) is 5.82 Å². The van der Waals surface area contributed by atoms with Crippen LogP contribution in [-0.4, -0.2) is 49.5 Å². The van der Waals surface area contributed by atoms with Crippen molar-refractivity contribution < 1.29 is 13.2 Å². The molecule has 8 nitrogen and oxygen atoms in total. The van der Waals surface area contributed by atoms with E-state index in [1.165, 1.54) is 10.2 Å². The molecule has 0 spiro atoms. The maximum atomic E-state index is 13.5. The molecule has 1 aliphatic rings. The minimum Gasteiger partial charge on any atom is -0.377 e. The maximum absolute atomic E-state index is 13.5. The number of rotatable bonds is 7.